The van der Waals surface area contributed by atoms with Crippen LogP contribution in [0.25, 0.3) is 0 Å². The minimum absolute atomic E-state index is 0.391. The standard InChI is InChI=1S/C16H23NO3S/c18-21(19,17-9-2-10-20-12-13-5-6-13)16-8-7-14-3-1-4-15(14)11-16/h7-8,11,13,17H,1-6,9-10,12H2. The third-order valence-electron chi connectivity index (χ3n) is 4.19. The van der Waals surface area contributed by atoms with Crippen molar-refractivity contribution in [2.45, 2.75) is 43.4 Å². The fourth-order valence-electron chi connectivity index (χ4n) is 2.71. The zero-order valence-electron chi connectivity index (χ0n) is 12.3. The van der Waals surface area contributed by atoms with E-state index in [0.29, 0.717) is 18.0 Å². The van der Waals surface area contributed by atoms with Gasteiger partial charge in [0.15, 0.2) is 0 Å². The molecule has 1 aromatic rings. The van der Waals surface area contributed by atoms with Gasteiger partial charge in [0, 0.05) is 19.8 Å². The molecule has 116 valence electrons. The molecule has 21 heavy (non-hydrogen) atoms. The van der Waals surface area contributed by atoms with E-state index in [1.807, 2.05) is 12.1 Å². The topological polar surface area (TPSA) is 55.4 Å². The summed E-state index contributed by atoms with van der Waals surface area (Å²) in [6.07, 6.45) is 6.48. The smallest absolute Gasteiger partial charge is 0.240 e. The molecule has 1 N–H and O–H groups in total. The Kier molecular flexibility index (Phi) is 4.62. The van der Waals surface area contributed by atoms with Gasteiger partial charge in [0.05, 0.1) is 4.90 Å². The lowest BCUT2D eigenvalue weighted by Gasteiger charge is -2.09. The third-order valence-corrected chi connectivity index (χ3v) is 5.65. The van der Waals surface area contributed by atoms with Gasteiger partial charge in [-0.1, -0.05) is 6.07 Å². The Morgan fingerprint density at radius 2 is 2.00 bits per heavy atom. The van der Waals surface area contributed by atoms with Crippen molar-refractivity contribution < 1.29 is 13.2 Å². The molecule has 1 fully saturated rings. The molecule has 0 amide bonds. The maximum Gasteiger partial charge on any atom is 0.240 e. The lowest BCUT2D eigenvalue weighted by atomic mass is 10.1. The molecule has 0 spiro atoms. The van der Waals surface area contributed by atoms with Gasteiger partial charge in [-0.2, -0.15) is 0 Å². The molecular weight excluding hydrogens is 286 g/mol. The summed E-state index contributed by atoms with van der Waals surface area (Å²) in [6.45, 7) is 1.89. The summed E-state index contributed by atoms with van der Waals surface area (Å²) in [5.74, 6) is 0.758. The van der Waals surface area contributed by atoms with Crippen molar-refractivity contribution in [1.29, 1.82) is 0 Å². The molecule has 0 saturated heterocycles. The second-order valence-electron chi connectivity index (χ2n) is 6.05. The van der Waals surface area contributed by atoms with E-state index in [1.165, 1.54) is 24.0 Å². The second-order valence-corrected chi connectivity index (χ2v) is 7.82. The zero-order chi connectivity index (χ0) is 14.7. The Hall–Kier alpha value is -0.910. The molecule has 2 aliphatic rings. The first kappa shape index (κ1) is 15.0. The number of fused-ring (bicyclic) bond motifs is 1. The molecule has 5 heteroatoms. The number of nitrogens with one attached hydrogen (secondary N) is 1. The van der Waals surface area contributed by atoms with Gasteiger partial charge in [0.1, 0.15) is 0 Å². The van der Waals surface area contributed by atoms with Crippen LogP contribution in [-0.4, -0.2) is 28.2 Å². The molecule has 0 heterocycles. The first-order valence-electron chi connectivity index (χ1n) is 7.84. The molecule has 0 atom stereocenters. The SMILES string of the molecule is O=S(=O)(NCCCOCC1CC1)c1ccc2c(c1)CCC2. The minimum Gasteiger partial charge on any atom is -0.381 e. The highest BCUT2D eigenvalue weighted by Gasteiger charge is 2.21. The maximum atomic E-state index is 12.2. The van der Waals surface area contributed by atoms with Crippen LogP contribution in [0.4, 0.5) is 0 Å². The molecule has 0 bridgehead atoms. The molecule has 2 aliphatic carbocycles. The lowest BCUT2D eigenvalue weighted by molar-refractivity contribution is 0.123. The highest BCUT2D eigenvalue weighted by atomic mass is 32.2. The maximum absolute atomic E-state index is 12.2. The number of aryl methyl sites for hydroxylation is 2. The van der Waals surface area contributed by atoms with Crippen LogP contribution in [0, 0.1) is 5.92 Å². The molecule has 0 radical (unpaired) electrons. The largest absolute Gasteiger partial charge is 0.381 e. The number of hydrogen-bond donors (Lipinski definition) is 1. The van der Waals surface area contributed by atoms with E-state index in [2.05, 4.69) is 4.72 Å². The van der Waals surface area contributed by atoms with Crippen LogP contribution in [0.15, 0.2) is 23.1 Å². The van der Waals surface area contributed by atoms with E-state index in [0.717, 1.165) is 38.2 Å². The normalized spacial score (nSPS) is 17.9. The number of hydrogen-bond acceptors (Lipinski definition) is 3. The molecule has 1 saturated carbocycles. The average molecular weight is 309 g/mol. The van der Waals surface area contributed by atoms with Gasteiger partial charge < -0.3 is 4.74 Å². The van der Waals surface area contributed by atoms with E-state index >= 15 is 0 Å². The number of ether oxygens (including phenoxy) is 1. The summed E-state index contributed by atoms with van der Waals surface area (Å²) in [5, 5.41) is 0. The monoisotopic (exact) mass is 309 g/mol. The molecule has 3 rings (SSSR count). The summed E-state index contributed by atoms with van der Waals surface area (Å²) in [7, 11) is -3.38. The first-order chi connectivity index (χ1) is 10.1. The van der Waals surface area contributed by atoms with Crippen molar-refractivity contribution in [3.8, 4) is 0 Å². The van der Waals surface area contributed by atoms with Crippen LogP contribution in [0.3, 0.4) is 0 Å². The van der Waals surface area contributed by atoms with Gasteiger partial charge in [0.2, 0.25) is 10.0 Å². The van der Waals surface area contributed by atoms with Crippen molar-refractivity contribution in [1.82, 2.24) is 4.72 Å². The zero-order valence-corrected chi connectivity index (χ0v) is 13.1. The van der Waals surface area contributed by atoms with Crippen LogP contribution in [-0.2, 0) is 27.6 Å². The average Bonchev–Trinajstić information content (AvgIpc) is 3.17. The van der Waals surface area contributed by atoms with E-state index in [1.54, 1.807) is 6.07 Å². The van der Waals surface area contributed by atoms with Crippen molar-refractivity contribution in [2.75, 3.05) is 19.8 Å². The predicted octanol–water partition coefficient (Wildman–Crippen LogP) is 2.27. The molecule has 0 aromatic heterocycles. The van der Waals surface area contributed by atoms with Crippen molar-refractivity contribution in [3.63, 3.8) is 0 Å². The number of benzene rings is 1. The third kappa shape index (κ3) is 4.05. The van der Waals surface area contributed by atoms with Crippen LogP contribution in [0.2, 0.25) is 0 Å². The predicted molar refractivity (Wildman–Crippen MR) is 81.8 cm³/mol. The fraction of sp³-hybridized carbons (Fsp3) is 0.625. The van der Waals surface area contributed by atoms with Crippen LogP contribution in [0.1, 0.15) is 36.8 Å². The summed E-state index contributed by atoms with van der Waals surface area (Å²) in [5.41, 5.74) is 2.48. The van der Waals surface area contributed by atoms with Crippen molar-refractivity contribution in [3.05, 3.63) is 29.3 Å². The summed E-state index contributed by atoms with van der Waals surface area (Å²) < 4.78 is 32.6. The van der Waals surface area contributed by atoms with Gasteiger partial charge in [-0.3, -0.25) is 0 Å². The minimum atomic E-state index is -3.38. The number of rotatable bonds is 8. The van der Waals surface area contributed by atoms with Crippen molar-refractivity contribution in [2.24, 2.45) is 5.92 Å². The Morgan fingerprint density at radius 3 is 2.81 bits per heavy atom. The van der Waals surface area contributed by atoms with Crippen LogP contribution >= 0.6 is 0 Å². The van der Waals surface area contributed by atoms with Crippen LogP contribution in [0.5, 0.6) is 0 Å². The van der Waals surface area contributed by atoms with Crippen molar-refractivity contribution >= 4 is 10.0 Å². The molecule has 4 nitrogen and oxygen atoms in total. The molecular formula is C16H23NO3S. The highest BCUT2D eigenvalue weighted by Crippen LogP contribution is 2.28. The molecule has 0 aliphatic heterocycles. The Balaban J connectivity index is 1.46. The van der Waals surface area contributed by atoms with Gasteiger partial charge >= 0.3 is 0 Å². The summed E-state index contributed by atoms with van der Waals surface area (Å²) in [4.78, 5) is 0.391. The Bertz CT molecular complexity index is 594. The quantitative estimate of drug-likeness (QED) is 0.750. The number of sulfonamides is 1. The van der Waals surface area contributed by atoms with E-state index in [4.69, 9.17) is 4.74 Å². The summed E-state index contributed by atoms with van der Waals surface area (Å²) in [6, 6.07) is 5.50. The van der Waals surface area contributed by atoms with E-state index < -0.39 is 10.0 Å². The molecule has 0 unspecified atom stereocenters. The van der Waals surface area contributed by atoms with Gasteiger partial charge in [0.25, 0.3) is 0 Å². The van der Waals surface area contributed by atoms with E-state index in [9.17, 15) is 8.42 Å². The van der Waals surface area contributed by atoms with E-state index in [-0.39, 0.29) is 0 Å². The lowest BCUT2D eigenvalue weighted by Crippen LogP contribution is -2.25. The summed E-state index contributed by atoms with van der Waals surface area (Å²) >= 11 is 0. The first-order valence-corrected chi connectivity index (χ1v) is 9.33. The second kappa shape index (κ2) is 6.46. The van der Waals surface area contributed by atoms with Gasteiger partial charge in [-0.05, 0) is 67.7 Å². The van der Waals surface area contributed by atoms with Crippen LogP contribution < -0.4 is 4.72 Å². The van der Waals surface area contributed by atoms with Gasteiger partial charge in [-0.15, -0.1) is 0 Å². The molecule has 1 aromatic carbocycles. The Morgan fingerprint density at radius 1 is 1.19 bits per heavy atom. The highest BCUT2D eigenvalue weighted by molar-refractivity contribution is 7.89. The Labute approximate surface area is 126 Å². The fourth-order valence-corrected chi connectivity index (χ4v) is 3.84. The van der Waals surface area contributed by atoms with Gasteiger partial charge in [-0.25, -0.2) is 13.1 Å².